The summed E-state index contributed by atoms with van der Waals surface area (Å²) in [6.45, 7) is 0.616. The van der Waals surface area contributed by atoms with Crippen LogP contribution in [0.1, 0.15) is 30.7 Å². The summed E-state index contributed by atoms with van der Waals surface area (Å²) < 4.78 is 6.26. The summed E-state index contributed by atoms with van der Waals surface area (Å²) in [5.74, 6) is -0.868. The standard InChI is InChI=1S/C14H14BrNO2/c15-12-6-2-1-5-10(12)11(9-16)14(17)13-7-3-4-8-18-13/h1-2,5-6,11,13H,3-4,7-8H2. The van der Waals surface area contributed by atoms with Crippen molar-refractivity contribution in [3.8, 4) is 6.07 Å². The van der Waals surface area contributed by atoms with Crippen LogP contribution in [0.15, 0.2) is 28.7 Å². The minimum atomic E-state index is -0.747. The first-order chi connectivity index (χ1) is 8.74. The molecule has 0 radical (unpaired) electrons. The lowest BCUT2D eigenvalue weighted by molar-refractivity contribution is -0.133. The van der Waals surface area contributed by atoms with Crippen molar-refractivity contribution in [1.29, 1.82) is 5.26 Å². The van der Waals surface area contributed by atoms with Crippen LogP contribution >= 0.6 is 15.9 Å². The Balaban J connectivity index is 2.21. The highest BCUT2D eigenvalue weighted by Crippen LogP contribution is 2.28. The van der Waals surface area contributed by atoms with E-state index in [0.717, 1.165) is 29.3 Å². The fourth-order valence-electron chi connectivity index (χ4n) is 2.15. The third-order valence-electron chi connectivity index (χ3n) is 3.13. The van der Waals surface area contributed by atoms with E-state index < -0.39 is 12.0 Å². The number of ether oxygens (including phenoxy) is 1. The molecule has 18 heavy (non-hydrogen) atoms. The molecule has 0 aromatic heterocycles. The second kappa shape index (κ2) is 6.12. The van der Waals surface area contributed by atoms with Gasteiger partial charge in [-0.05, 0) is 30.9 Å². The van der Waals surface area contributed by atoms with Gasteiger partial charge < -0.3 is 4.74 Å². The molecule has 2 atom stereocenters. The van der Waals surface area contributed by atoms with Gasteiger partial charge in [0.1, 0.15) is 12.0 Å². The molecular formula is C14H14BrNO2. The monoisotopic (exact) mass is 307 g/mol. The molecule has 0 bridgehead atoms. The Morgan fingerprint density at radius 3 is 2.83 bits per heavy atom. The van der Waals surface area contributed by atoms with E-state index in [1.54, 1.807) is 6.07 Å². The van der Waals surface area contributed by atoms with Gasteiger partial charge in [-0.1, -0.05) is 34.1 Å². The number of Topliss-reactive ketones (excluding diaryl/α,β-unsaturated/α-hetero) is 1. The van der Waals surface area contributed by atoms with E-state index in [1.807, 2.05) is 18.2 Å². The molecular weight excluding hydrogens is 294 g/mol. The third-order valence-corrected chi connectivity index (χ3v) is 3.85. The molecule has 2 unspecified atom stereocenters. The molecule has 1 aromatic rings. The van der Waals surface area contributed by atoms with Crippen molar-refractivity contribution in [3.63, 3.8) is 0 Å². The van der Waals surface area contributed by atoms with Gasteiger partial charge in [-0.25, -0.2) is 0 Å². The fourth-order valence-corrected chi connectivity index (χ4v) is 2.66. The lowest BCUT2D eigenvalue weighted by Gasteiger charge is -2.23. The Kier molecular flexibility index (Phi) is 4.51. The van der Waals surface area contributed by atoms with Gasteiger partial charge >= 0.3 is 0 Å². The number of nitrogens with zero attached hydrogens (tertiary/aromatic N) is 1. The lowest BCUT2D eigenvalue weighted by atomic mass is 9.90. The molecule has 1 saturated heterocycles. The highest BCUT2D eigenvalue weighted by Gasteiger charge is 2.31. The largest absolute Gasteiger partial charge is 0.370 e. The average Bonchev–Trinajstić information content (AvgIpc) is 2.42. The summed E-state index contributed by atoms with van der Waals surface area (Å²) in [7, 11) is 0. The molecule has 1 fully saturated rings. The SMILES string of the molecule is N#CC(C(=O)C1CCCCO1)c1ccccc1Br. The maximum atomic E-state index is 12.3. The van der Waals surface area contributed by atoms with Crippen LogP contribution in [0.5, 0.6) is 0 Å². The Labute approximate surface area is 115 Å². The molecule has 0 spiro atoms. The molecule has 4 heteroatoms. The zero-order valence-electron chi connectivity index (χ0n) is 9.93. The summed E-state index contributed by atoms with van der Waals surface area (Å²) in [6, 6.07) is 9.44. The molecule has 0 aliphatic carbocycles. The quantitative estimate of drug-likeness (QED) is 0.861. The summed E-state index contributed by atoms with van der Waals surface area (Å²) >= 11 is 3.39. The van der Waals surface area contributed by atoms with Crippen molar-refractivity contribution in [1.82, 2.24) is 0 Å². The second-order valence-corrected chi connectivity index (χ2v) is 5.20. The first kappa shape index (κ1) is 13.3. The number of rotatable bonds is 3. The van der Waals surface area contributed by atoms with Gasteiger partial charge in [0.05, 0.1) is 6.07 Å². The molecule has 1 heterocycles. The van der Waals surface area contributed by atoms with Gasteiger partial charge in [0.15, 0.2) is 5.78 Å². The van der Waals surface area contributed by atoms with E-state index in [9.17, 15) is 10.1 Å². The summed E-state index contributed by atoms with van der Waals surface area (Å²) in [5.41, 5.74) is 0.721. The number of hydrogen-bond donors (Lipinski definition) is 0. The predicted octanol–water partition coefficient (Wildman–Crippen LogP) is 3.19. The van der Waals surface area contributed by atoms with E-state index in [4.69, 9.17) is 4.74 Å². The number of carbonyl (C=O) groups excluding carboxylic acids is 1. The first-order valence-electron chi connectivity index (χ1n) is 6.03. The van der Waals surface area contributed by atoms with Crippen molar-refractivity contribution in [2.24, 2.45) is 0 Å². The van der Waals surface area contributed by atoms with Crippen LogP contribution in [0.25, 0.3) is 0 Å². The zero-order valence-corrected chi connectivity index (χ0v) is 11.5. The van der Waals surface area contributed by atoms with E-state index >= 15 is 0 Å². The third kappa shape index (κ3) is 2.80. The van der Waals surface area contributed by atoms with E-state index in [1.165, 1.54) is 0 Å². The number of benzene rings is 1. The van der Waals surface area contributed by atoms with Crippen molar-refractivity contribution >= 4 is 21.7 Å². The molecule has 94 valence electrons. The maximum absolute atomic E-state index is 12.3. The minimum absolute atomic E-state index is 0.121. The van der Waals surface area contributed by atoms with E-state index in [2.05, 4.69) is 22.0 Å². The number of halogens is 1. The molecule has 0 N–H and O–H groups in total. The van der Waals surface area contributed by atoms with Crippen molar-refractivity contribution in [2.75, 3.05) is 6.61 Å². The molecule has 0 amide bonds. The molecule has 2 rings (SSSR count). The maximum Gasteiger partial charge on any atom is 0.183 e. The molecule has 3 nitrogen and oxygen atoms in total. The molecule has 1 aliphatic heterocycles. The average molecular weight is 308 g/mol. The predicted molar refractivity (Wildman–Crippen MR) is 71.1 cm³/mol. The Morgan fingerprint density at radius 2 is 2.22 bits per heavy atom. The molecule has 1 aliphatic rings. The smallest absolute Gasteiger partial charge is 0.183 e. The van der Waals surface area contributed by atoms with Gasteiger partial charge in [0.25, 0.3) is 0 Å². The van der Waals surface area contributed by atoms with Gasteiger partial charge in [-0.2, -0.15) is 5.26 Å². The normalized spacial score (nSPS) is 21.0. The fraction of sp³-hybridized carbons (Fsp3) is 0.429. The Morgan fingerprint density at radius 1 is 1.44 bits per heavy atom. The van der Waals surface area contributed by atoms with Gasteiger partial charge in [0, 0.05) is 11.1 Å². The van der Waals surface area contributed by atoms with Crippen LogP contribution in [0.2, 0.25) is 0 Å². The minimum Gasteiger partial charge on any atom is -0.370 e. The first-order valence-corrected chi connectivity index (χ1v) is 6.82. The number of carbonyl (C=O) groups is 1. The summed E-state index contributed by atoms with van der Waals surface area (Å²) in [6.07, 6.45) is 2.29. The highest BCUT2D eigenvalue weighted by atomic mass is 79.9. The van der Waals surface area contributed by atoms with Gasteiger partial charge in [-0.15, -0.1) is 0 Å². The van der Waals surface area contributed by atoms with Crippen LogP contribution in [0, 0.1) is 11.3 Å². The van der Waals surface area contributed by atoms with Crippen LogP contribution in [0.3, 0.4) is 0 Å². The Bertz CT molecular complexity index is 475. The molecule has 0 saturated carbocycles. The van der Waals surface area contributed by atoms with Gasteiger partial charge in [0.2, 0.25) is 0 Å². The number of hydrogen-bond acceptors (Lipinski definition) is 3. The van der Waals surface area contributed by atoms with Crippen LogP contribution < -0.4 is 0 Å². The van der Waals surface area contributed by atoms with Crippen molar-refractivity contribution < 1.29 is 9.53 Å². The number of nitriles is 1. The zero-order chi connectivity index (χ0) is 13.0. The van der Waals surface area contributed by atoms with E-state index in [0.29, 0.717) is 6.61 Å². The van der Waals surface area contributed by atoms with Gasteiger partial charge in [-0.3, -0.25) is 4.79 Å². The lowest BCUT2D eigenvalue weighted by Crippen LogP contribution is -2.32. The Hall–Kier alpha value is -1.18. The highest BCUT2D eigenvalue weighted by molar-refractivity contribution is 9.10. The summed E-state index contributed by atoms with van der Waals surface area (Å²) in [5, 5.41) is 9.26. The van der Waals surface area contributed by atoms with E-state index in [-0.39, 0.29) is 5.78 Å². The molecule has 1 aromatic carbocycles. The summed E-state index contributed by atoms with van der Waals surface area (Å²) in [4.78, 5) is 12.3. The van der Waals surface area contributed by atoms with Crippen LogP contribution in [0.4, 0.5) is 0 Å². The van der Waals surface area contributed by atoms with Crippen LogP contribution in [-0.4, -0.2) is 18.5 Å². The van der Waals surface area contributed by atoms with Crippen molar-refractivity contribution in [2.45, 2.75) is 31.3 Å². The number of ketones is 1. The van der Waals surface area contributed by atoms with Crippen molar-refractivity contribution in [3.05, 3.63) is 34.3 Å². The topological polar surface area (TPSA) is 50.1 Å². The second-order valence-electron chi connectivity index (χ2n) is 4.34. The van der Waals surface area contributed by atoms with Crippen LogP contribution in [-0.2, 0) is 9.53 Å².